The molecule has 0 amide bonds. The van der Waals surface area contributed by atoms with Crippen molar-refractivity contribution in [1.29, 1.82) is 0 Å². The molecule has 1 rings (SSSR count). The van der Waals surface area contributed by atoms with Gasteiger partial charge in [-0.05, 0) is 6.92 Å². The van der Waals surface area contributed by atoms with Gasteiger partial charge in [0.25, 0.3) is 0 Å². The molecular weight excluding hydrogens is 289 g/mol. The summed E-state index contributed by atoms with van der Waals surface area (Å²) in [5, 5.41) is 0. The van der Waals surface area contributed by atoms with Gasteiger partial charge >= 0.3 is 6.18 Å². The maximum atomic E-state index is 12.8. The van der Waals surface area contributed by atoms with Crippen molar-refractivity contribution in [3.8, 4) is 0 Å². The highest BCUT2D eigenvalue weighted by Gasteiger charge is 2.34. The fourth-order valence-corrected chi connectivity index (χ4v) is 1.83. The molecule has 1 atom stereocenters. The monoisotopic (exact) mass is 308 g/mol. The van der Waals surface area contributed by atoms with Gasteiger partial charge in [0.1, 0.15) is 5.82 Å². The predicted molar refractivity (Wildman–Crippen MR) is 72.0 cm³/mol. The number of rotatable bonds is 7. The zero-order valence-corrected chi connectivity index (χ0v) is 12.1. The molecule has 1 unspecified atom stereocenters. The van der Waals surface area contributed by atoms with Gasteiger partial charge in [0.15, 0.2) is 5.69 Å². The summed E-state index contributed by atoms with van der Waals surface area (Å²) in [4.78, 5) is 8.75. The molecule has 0 aliphatic carbocycles. The van der Waals surface area contributed by atoms with Gasteiger partial charge in [-0.25, -0.2) is 4.98 Å². The molecule has 2 N–H and O–H groups in total. The fourth-order valence-electron chi connectivity index (χ4n) is 1.83. The summed E-state index contributed by atoms with van der Waals surface area (Å²) < 4.78 is 48.4. The van der Waals surface area contributed by atoms with Crippen LogP contribution >= 0.6 is 0 Å². The Balaban J connectivity index is 3.14. The van der Waals surface area contributed by atoms with Gasteiger partial charge in [0, 0.05) is 26.8 Å². The molecule has 1 aromatic heterocycles. The van der Waals surface area contributed by atoms with Gasteiger partial charge in [-0.2, -0.15) is 18.2 Å². The maximum Gasteiger partial charge on any atom is 0.433 e. The van der Waals surface area contributed by atoms with E-state index in [4.69, 9.17) is 15.2 Å². The quantitative estimate of drug-likeness (QED) is 0.824. The minimum absolute atomic E-state index is 0.0939. The lowest BCUT2D eigenvalue weighted by molar-refractivity contribution is -0.141. The first-order valence-electron chi connectivity index (χ1n) is 6.25. The number of aromatic nitrogens is 2. The second-order valence-electron chi connectivity index (χ2n) is 4.46. The highest BCUT2D eigenvalue weighted by atomic mass is 19.4. The molecule has 0 fully saturated rings. The van der Waals surface area contributed by atoms with E-state index >= 15 is 0 Å². The van der Waals surface area contributed by atoms with E-state index in [1.165, 1.54) is 14.2 Å². The Labute approximate surface area is 121 Å². The van der Waals surface area contributed by atoms with Gasteiger partial charge in [-0.15, -0.1) is 0 Å². The number of hydrogen-bond donors (Lipinski definition) is 1. The summed E-state index contributed by atoms with van der Waals surface area (Å²) in [5.74, 6) is -0.330. The largest absolute Gasteiger partial charge is 0.433 e. The van der Waals surface area contributed by atoms with Crippen LogP contribution in [0.15, 0.2) is 6.07 Å². The van der Waals surface area contributed by atoms with Gasteiger partial charge in [-0.3, -0.25) is 0 Å². The lowest BCUT2D eigenvalue weighted by Gasteiger charge is -2.30. The second kappa shape index (κ2) is 7.41. The normalized spacial score (nSPS) is 13.2. The van der Waals surface area contributed by atoms with Crippen LogP contribution in [0.25, 0.3) is 0 Å². The average molecular weight is 308 g/mol. The topological polar surface area (TPSA) is 73.5 Å². The molecule has 0 saturated carbocycles. The van der Waals surface area contributed by atoms with Crippen molar-refractivity contribution in [2.45, 2.75) is 19.1 Å². The van der Waals surface area contributed by atoms with Crippen LogP contribution in [0.4, 0.5) is 24.9 Å². The molecule has 6 nitrogen and oxygen atoms in total. The highest BCUT2D eigenvalue weighted by molar-refractivity contribution is 5.45. The Hall–Kier alpha value is -1.61. The van der Waals surface area contributed by atoms with Crippen LogP contribution in [-0.4, -0.2) is 50.0 Å². The van der Waals surface area contributed by atoms with Gasteiger partial charge in [-0.1, -0.05) is 0 Å². The minimum Gasteiger partial charge on any atom is -0.383 e. The second-order valence-corrected chi connectivity index (χ2v) is 4.46. The summed E-state index contributed by atoms with van der Waals surface area (Å²) in [6.07, 6.45) is -4.58. The van der Waals surface area contributed by atoms with E-state index in [1.807, 2.05) is 6.92 Å². The van der Waals surface area contributed by atoms with Gasteiger partial charge in [0.05, 0.1) is 19.3 Å². The number of nitrogens with two attached hydrogens (primary N) is 1. The molecule has 0 aliphatic heterocycles. The van der Waals surface area contributed by atoms with E-state index in [9.17, 15) is 13.2 Å². The lowest BCUT2D eigenvalue weighted by Crippen LogP contribution is -2.39. The Morgan fingerprint density at radius 2 is 1.95 bits per heavy atom. The molecule has 120 valence electrons. The zero-order valence-electron chi connectivity index (χ0n) is 12.1. The summed E-state index contributed by atoms with van der Waals surface area (Å²) in [6.45, 7) is 2.83. The minimum atomic E-state index is -4.58. The summed E-state index contributed by atoms with van der Waals surface area (Å²) in [5.41, 5.74) is 4.31. The van der Waals surface area contributed by atoms with Crippen LogP contribution in [0, 0.1) is 0 Å². The first-order chi connectivity index (χ1) is 9.79. The Bertz CT molecular complexity index is 457. The molecule has 0 saturated heterocycles. The van der Waals surface area contributed by atoms with Crippen LogP contribution in [0.3, 0.4) is 0 Å². The number of anilines is 2. The highest BCUT2D eigenvalue weighted by Crippen LogP contribution is 2.30. The van der Waals surface area contributed by atoms with Crippen molar-refractivity contribution in [2.75, 3.05) is 44.6 Å². The van der Waals surface area contributed by atoms with Crippen LogP contribution in [0.5, 0.6) is 0 Å². The molecule has 9 heteroatoms. The fraction of sp³-hybridized carbons (Fsp3) is 0.667. The van der Waals surface area contributed by atoms with Crippen molar-refractivity contribution in [2.24, 2.45) is 0 Å². The van der Waals surface area contributed by atoms with Crippen LogP contribution in [-0.2, 0) is 15.7 Å². The molecule has 1 aromatic rings. The molecule has 0 radical (unpaired) electrons. The average Bonchev–Trinajstić information content (AvgIpc) is 2.38. The third kappa shape index (κ3) is 5.01. The van der Waals surface area contributed by atoms with Crippen molar-refractivity contribution in [3.63, 3.8) is 0 Å². The molecule has 1 heterocycles. The first kappa shape index (κ1) is 17.4. The smallest absolute Gasteiger partial charge is 0.383 e. The van der Waals surface area contributed by atoms with Gasteiger partial charge in [0.2, 0.25) is 5.95 Å². The number of halogens is 3. The van der Waals surface area contributed by atoms with E-state index < -0.39 is 17.8 Å². The Morgan fingerprint density at radius 3 is 2.48 bits per heavy atom. The Kier molecular flexibility index (Phi) is 6.16. The van der Waals surface area contributed by atoms with Crippen molar-refractivity contribution < 1.29 is 22.6 Å². The van der Waals surface area contributed by atoms with Crippen molar-refractivity contribution in [1.82, 2.24) is 9.97 Å². The SMILES string of the molecule is COCCN(c1cc(C(F)(F)F)nc(N)n1)C(C)COC. The number of nitrogen functional groups attached to an aromatic ring is 1. The molecular formula is C12H19F3N4O2. The maximum absolute atomic E-state index is 12.8. The molecule has 0 bridgehead atoms. The standard InChI is InChI=1S/C12H19F3N4O2/c1-8(7-21-3)19(4-5-20-2)10-6-9(12(13,14)15)17-11(16)18-10/h6,8H,4-5,7H2,1-3H3,(H2,16,17,18). The molecule has 0 aliphatic rings. The van der Waals surface area contributed by atoms with Crippen molar-refractivity contribution in [3.05, 3.63) is 11.8 Å². The van der Waals surface area contributed by atoms with E-state index in [-0.39, 0.29) is 11.9 Å². The third-order valence-electron chi connectivity index (χ3n) is 2.79. The molecule has 0 spiro atoms. The van der Waals surface area contributed by atoms with Crippen LogP contribution in [0.2, 0.25) is 0 Å². The number of hydrogen-bond acceptors (Lipinski definition) is 6. The van der Waals surface area contributed by atoms with E-state index in [0.29, 0.717) is 19.8 Å². The molecule has 21 heavy (non-hydrogen) atoms. The number of nitrogens with zero attached hydrogens (tertiary/aromatic N) is 3. The lowest BCUT2D eigenvalue weighted by atomic mass is 10.2. The third-order valence-corrected chi connectivity index (χ3v) is 2.79. The number of ether oxygens (including phenoxy) is 2. The van der Waals surface area contributed by atoms with E-state index in [1.54, 1.807) is 4.90 Å². The van der Waals surface area contributed by atoms with Gasteiger partial charge < -0.3 is 20.1 Å². The summed E-state index contributed by atoms with van der Waals surface area (Å²) in [7, 11) is 3.02. The van der Waals surface area contributed by atoms with E-state index in [2.05, 4.69) is 9.97 Å². The first-order valence-corrected chi connectivity index (χ1v) is 6.25. The Morgan fingerprint density at radius 1 is 1.29 bits per heavy atom. The van der Waals surface area contributed by atoms with Crippen LogP contribution < -0.4 is 10.6 Å². The summed E-state index contributed by atoms with van der Waals surface area (Å²) >= 11 is 0. The van der Waals surface area contributed by atoms with E-state index in [0.717, 1.165) is 6.07 Å². The molecule has 0 aromatic carbocycles. The van der Waals surface area contributed by atoms with Crippen molar-refractivity contribution >= 4 is 11.8 Å². The van der Waals surface area contributed by atoms with Crippen LogP contribution in [0.1, 0.15) is 12.6 Å². The summed E-state index contributed by atoms with van der Waals surface area (Å²) in [6, 6.07) is 0.679. The zero-order chi connectivity index (χ0) is 16.0. The number of methoxy groups -OCH3 is 2. The predicted octanol–water partition coefficient (Wildman–Crippen LogP) is 1.57. The number of alkyl halides is 3.